The molecule has 248 valence electrons. The second-order valence-corrected chi connectivity index (χ2v) is 8.78. The Balaban J connectivity index is 1.61. The highest BCUT2D eigenvalue weighted by Crippen LogP contribution is 1.88. The van der Waals surface area contributed by atoms with Gasteiger partial charge in [-0.25, -0.2) is 9.13 Å². The normalized spacial score (nSPS) is 11.6. The highest BCUT2D eigenvalue weighted by molar-refractivity contribution is 4.65. The molecule has 14 nitrogen and oxygen atoms in total. The third-order valence-corrected chi connectivity index (χ3v) is 5.27. The van der Waals surface area contributed by atoms with E-state index >= 15 is 0 Å². The van der Waals surface area contributed by atoms with E-state index in [-0.39, 0.29) is 6.61 Å². The maximum absolute atomic E-state index is 8.57. The molecule has 0 unspecified atom stereocenters. The molecule has 0 aliphatic rings. The van der Waals surface area contributed by atoms with Gasteiger partial charge in [0.2, 0.25) is 6.33 Å². The Morgan fingerprint density at radius 3 is 0.929 bits per heavy atom. The van der Waals surface area contributed by atoms with Gasteiger partial charge in [0.05, 0.1) is 159 Å². The smallest absolute Gasteiger partial charge is 0.243 e. The van der Waals surface area contributed by atoms with Gasteiger partial charge >= 0.3 is 0 Å². The van der Waals surface area contributed by atoms with Crippen molar-refractivity contribution in [2.24, 2.45) is 7.05 Å². The van der Waals surface area contributed by atoms with Crippen molar-refractivity contribution in [1.29, 1.82) is 0 Å². The lowest BCUT2D eigenvalue weighted by Gasteiger charge is -2.09. The third kappa shape index (κ3) is 28.8. The van der Waals surface area contributed by atoms with Gasteiger partial charge in [-0.15, -0.1) is 0 Å². The number of aryl methyl sites for hydroxylation is 1. The average Bonchev–Trinajstić information content (AvgIpc) is 3.42. The molecule has 0 saturated carbocycles. The monoisotopic (exact) mass is 611 g/mol. The van der Waals surface area contributed by atoms with Gasteiger partial charge in [0.1, 0.15) is 18.9 Å². The molecule has 1 aromatic heterocycles. The number of nitrogens with zero attached hydrogens (tertiary/aromatic N) is 2. The zero-order valence-electron chi connectivity index (χ0n) is 25.5. The molecule has 0 amide bonds. The Morgan fingerprint density at radius 2 is 0.690 bits per heavy atom. The van der Waals surface area contributed by atoms with Gasteiger partial charge in [0.25, 0.3) is 0 Å². The van der Waals surface area contributed by atoms with Crippen molar-refractivity contribution in [1.82, 2.24) is 4.57 Å². The Hall–Kier alpha value is -1.27. The van der Waals surface area contributed by atoms with Gasteiger partial charge in [-0.3, -0.25) is 0 Å². The van der Waals surface area contributed by atoms with E-state index < -0.39 is 0 Å². The SMILES string of the molecule is C[n+]1ccn(CCOCCOCCOCCOCCOCCOCCOCCOCCOCCOCCOCCO)c1. The summed E-state index contributed by atoms with van der Waals surface area (Å²) in [6.45, 7) is 12.2. The van der Waals surface area contributed by atoms with Crippen LogP contribution in [0.3, 0.4) is 0 Å². The van der Waals surface area contributed by atoms with Gasteiger partial charge in [0.15, 0.2) is 0 Å². The topological polar surface area (TPSA) is 131 Å². The standard InChI is InChI=1S/C28H55N2O12/c1-29-2-3-30(28-29)4-6-32-8-10-34-12-14-36-16-18-38-20-22-40-24-26-42-27-25-41-23-21-39-19-17-37-15-13-35-11-9-33-7-5-31/h2-3,28,31H,4-27H2,1H3/q+1. The summed E-state index contributed by atoms with van der Waals surface area (Å²) in [4.78, 5) is 0. The molecule has 1 N–H and O–H groups in total. The predicted molar refractivity (Wildman–Crippen MR) is 152 cm³/mol. The van der Waals surface area contributed by atoms with Crippen molar-refractivity contribution in [3.8, 4) is 0 Å². The summed E-state index contributed by atoms with van der Waals surface area (Å²) in [7, 11) is 1.99. The van der Waals surface area contributed by atoms with Crippen LogP contribution >= 0.6 is 0 Å². The molecule has 1 heterocycles. The van der Waals surface area contributed by atoms with Crippen molar-refractivity contribution in [3.05, 3.63) is 18.7 Å². The van der Waals surface area contributed by atoms with E-state index in [0.29, 0.717) is 145 Å². The predicted octanol–water partition coefficient (Wildman–Crippen LogP) is -0.512. The van der Waals surface area contributed by atoms with Crippen LogP contribution in [0.1, 0.15) is 0 Å². The van der Waals surface area contributed by atoms with Gasteiger partial charge in [0, 0.05) is 0 Å². The number of aliphatic hydroxyl groups is 1. The largest absolute Gasteiger partial charge is 0.394 e. The van der Waals surface area contributed by atoms with E-state index in [4.69, 9.17) is 57.2 Å². The lowest BCUT2D eigenvalue weighted by Crippen LogP contribution is -2.24. The number of aliphatic hydroxyl groups excluding tert-OH is 1. The van der Waals surface area contributed by atoms with Crippen LogP contribution in [0.4, 0.5) is 0 Å². The molecule has 1 rings (SSSR count). The minimum absolute atomic E-state index is 0.0266. The van der Waals surface area contributed by atoms with Crippen LogP contribution in [-0.2, 0) is 65.7 Å². The van der Waals surface area contributed by atoms with Crippen molar-refractivity contribution in [2.75, 3.05) is 152 Å². The summed E-state index contributed by atoms with van der Waals surface area (Å²) in [6.07, 6.45) is 6.04. The summed E-state index contributed by atoms with van der Waals surface area (Å²) < 4.78 is 63.7. The lowest BCUT2D eigenvalue weighted by atomic mass is 10.6. The van der Waals surface area contributed by atoms with Crippen LogP contribution in [-0.4, -0.2) is 162 Å². The van der Waals surface area contributed by atoms with Crippen LogP contribution in [0.25, 0.3) is 0 Å². The van der Waals surface area contributed by atoms with Crippen molar-refractivity contribution < 1.29 is 61.8 Å². The first kappa shape index (κ1) is 38.8. The average molecular weight is 612 g/mol. The summed E-state index contributed by atoms with van der Waals surface area (Å²) in [5.74, 6) is 0. The third-order valence-electron chi connectivity index (χ3n) is 5.27. The van der Waals surface area contributed by atoms with E-state index in [1.54, 1.807) is 0 Å². The molecular weight excluding hydrogens is 556 g/mol. The maximum Gasteiger partial charge on any atom is 0.243 e. The molecule has 0 spiro atoms. The van der Waals surface area contributed by atoms with Crippen LogP contribution in [0.15, 0.2) is 18.7 Å². The van der Waals surface area contributed by atoms with E-state index in [2.05, 4.69) is 4.57 Å². The maximum atomic E-state index is 8.57. The fourth-order valence-corrected chi connectivity index (χ4v) is 3.17. The van der Waals surface area contributed by atoms with Gasteiger partial charge in [-0.1, -0.05) is 0 Å². The second-order valence-electron chi connectivity index (χ2n) is 8.78. The summed E-state index contributed by atoms with van der Waals surface area (Å²) in [6, 6.07) is 0. The Kier molecular flexibility index (Phi) is 30.1. The quantitative estimate of drug-likeness (QED) is 0.0784. The molecule has 0 saturated heterocycles. The first-order chi connectivity index (χ1) is 20.8. The molecule has 1 aromatic rings. The number of hydrogen-bond acceptors (Lipinski definition) is 12. The molecule has 14 heteroatoms. The van der Waals surface area contributed by atoms with E-state index in [1.165, 1.54) is 0 Å². The second kappa shape index (κ2) is 32.6. The number of hydrogen-bond donors (Lipinski definition) is 1. The first-order valence-corrected chi connectivity index (χ1v) is 14.8. The van der Waals surface area contributed by atoms with E-state index in [0.717, 1.165) is 6.54 Å². The molecule has 0 atom stereocenters. The Bertz CT molecular complexity index is 656. The molecule has 0 bridgehead atoms. The highest BCUT2D eigenvalue weighted by atomic mass is 16.6. The van der Waals surface area contributed by atoms with Crippen LogP contribution in [0, 0.1) is 0 Å². The van der Waals surface area contributed by atoms with Gasteiger partial charge in [-0.2, -0.15) is 0 Å². The molecular formula is C28H55N2O12+. The van der Waals surface area contributed by atoms with Crippen LogP contribution in [0.2, 0.25) is 0 Å². The Morgan fingerprint density at radius 1 is 0.429 bits per heavy atom. The highest BCUT2D eigenvalue weighted by Gasteiger charge is 2.00. The fraction of sp³-hybridized carbons (Fsp3) is 0.893. The number of aromatic nitrogens is 2. The molecule has 0 aliphatic heterocycles. The summed E-state index contributed by atoms with van der Waals surface area (Å²) in [5.41, 5.74) is 0. The fourth-order valence-electron chi connectivity index (χ4n) is 3.17. The lowest BCUT2D eigenvalue weighted by molar-refractivity contribution is -0.671. The first-order valence-electron chi connectivity index (χ1n) is 14.8. The van der Waals surface area contributed by atoms with Crippen molar-refractivity contribution in [3.63, 3.8) is 0 Å². The molecule has 0 aliphatic carbocycles. The minimum atomic E-state index is 0.0266. The zero-order chi connectivity index (χ0) is 30.0. The summed E-state index contributed by atoms with van der Waals surface area (Å²) >= 11 is 0. The van der Waals surface area contributed by atoms with E-state index in [1.807, 2.05) is 30.3 Å². The van der Waals surface area contributed by atoms with E-state index in [9.17, 15) is 0 Å². The zero-order valence-corrected chi connectivity index (χ0v) is 25.5. The molecule has 0 fully saturated rings. The minimum Gasteiger partial charge on any atom is -0.394 e. The number of ether oxygens (including phenoxy) is 11. The summed E-state index contributed by atoms with van der Waals surface area (Å²) in [5, 5.41) is 8.57. The van der Waals surface area contributed by atoms with Crippen molar-refractivity contribution >= 4 is 0 Å². The van der Waals surface area contributed by atoms with Crippen LogP contribution < -0.4 is 4.57 Å². The Labute approximate surface area is 250 Å². The van der Waals surface area contributed by atoms with Crippen LogP contribution in [0.5, 0.6) is 0 Å². The number of imidazole rings is 1. The van der Waals surface area contributed by atoms with Gasteiger partial charge in [-0.05, 0) is 0 Å². The molecule has 42 heavy (non-hydrogen) atoms. The molecule has 0 aromatic carbocycles. The number of rotatable bonds is 35. The van der Waals surface area contributed by atoms with Crippen molar-refractivity contribution in [2.45, 2.75) is 6.54 Å². The molecule has 0 radical (unpaired) electrons. The van der Waals surface area contributed by atoms with Gasteiger partial charge < -0.3 is 57.2 Å².